The fourth-order valence-electron chi connectivity index (χ4n) is 2.32. The van der Waals surface area contributed by atoms with Crippen LogP contribution in [0.15, 0.2) is 65.8 Å². The van der Waals surface area contributed by atoms with Crippen LogP contribution in [-0.4, -0.2) is 6.21 Å². The maximum absolute atomic E-state index is 13.7. The van der Waals surface area contributed by atoms with Crippen LogP contribution in [-0.2, 0) is 6.61 Å². The summed E-state index contributed by atoms with van der Waals surface area (Å²) in [6, 6.07) is 17.5. The Morgan fingerprint density at radius 3 is 2.52 bits per heavy atom. The van der Waals surface area contributed by atoms with Gasteiger partial charge in [-0.1, -0.05) is 35.3 Å². The van der Waals surface area contributed by atoms with E-state index < -0.39 is 0 Å². The van der Waals surface area contributed by atoms with Crippen LogP contribution in [0.3, 0.4) is 0 Å². The molecular formula is C21H17Cl2FN2O. The smallest absolute Gasteiger partial charge is 0.131 e. The molecule has 0 aliphatic carbocycles. The quantitative estimate of drug-likeness (QED) is 0.378. The van der Waals surface area contributed by atoms with Crippen LogP contribution in [0.2, 0.25) is 10.0 Å². The third kappa shape index (κ3) is 5.22. The SMILES string of the molecule is Cc1ccc(NN=Cc2ccc(OCc3c(F)cccc3Cl)cc2)cc1Cl. The monoisotopic (exact) mass is 402 g/mol. The van der Waals surface area contributed by atoms with E-state index in [-0.39, 0.29) is 12.4 Å². The van der Waals surface area contributed by atoms with Crippen LogP contribution in [0.5, 0.6) is 5.75 Å². The summed E-state index contributed by atoms with van der Waals surface area (Å²) < 4.78 is 19.4. The first-order chi connectivity index (χ1) is 13.0. The molecule has 27 heavy (non-hydrogen) atoms. The van der Waals surface area contributed by atoms with E-state index in [1.807, 2.05) is 37.3 Å². The Kier molecular flexibility index (Phi) is 6.32. The standard InChI is InChI=1S/C21H17Cl2FN2O/c1-14-5-8-16(11-20(14)23)26-25-12-15-6-9-17(10-7-15)27-13-18-19(22)3-2-4-21(18)24/h2-12,26H,13H2,1H3. The molecule has 0 heterocycles. The highest BCUT2D eigenvalue weighted by atomic mass is 35.5. The van der Waals surface area contributed by atoms with Crippen molar-refractivity contribution in [2.24, 2.45) is 5.10 Å². The highest BCUT2D eigenvalue weighted by Crippen LogP contribution is 2.22. The minimum atomic E-state index is -0.381. The summed E-state index contributed by atoms with van der Waals surface area (Å²) in [7, 11) is 0. The molecule has 3 rings (SSSR count). The summed E-state index contributed by atoms with van der Waals surface area (Å²) in [6.07, 6.45) is 1.69. The molecule has 0 radical (unpaired) electrons. The van der Waals surface area contributed by atoms with E-state index in [1.165, 1.54) is 6.07 Å². The third-order valence-corrected chi connectivity index (χ3v) is 4.67. The molecule has 0 aromatic heterocycles. The lowest BCUT2D eigenvalue weighted by Crippen LogP contribution is -1.99. The summed E-state index contributed by atoms with van der Waals surface area (Å²) in [5.74, 6) is 0.235. The topological polar surface area (TPSA) is 33.6 Å². The number of hydrogen-bond acceptors (Lipinski definition) is 3. The molecule has 0 fully saturated rings. The maximum atomic E-state index is 13.7. The van der Waals surface area contributed by atoms with Gasteiger partial charge in [-0.2, -0.15) is 5.10 Å². The predicted octanol–water partition coefficient (Wildman–Crippen LogP) is 6.47. The van der Waals surface area contributed by atoms with Gasteiger partial charge in [0, 0.05) is 10.6 Å². The second-order valence-corrected chi connectivity index (χ2v) is 6.71. The first-order valence-electron chi connectivity index (χ1n) is 8.24. The average molecular weight is 403 g/mol. The Morgan fingerprint density at radius 1 is 1.04 bits per heavy atom. The van der Waals surface area contributed by atoms with Crippen molar-refractivity contribution in [3.8, 4) is 5.75 Å². The molecule has 0 saturated carbocycles. The van der Waals surface area contributed by atoms with Crippen molar-refractivity contribution in [3.63, 3.8) is 0 Å². The lowest BCUT2D eigenvalue weighted by Gasteiger charge is -2.09. The lowest BCUT2D eigenvalue weighted by molar-refractivity contribution is 0.300. The number of benzene rings is 3. The third-order valence-electron chi connectivity index (χ3n) is 3.90. The van der Waals surface area contributed by atoms with Crippen LogP contribution in [0.4, 0.5) is 10.1 Å². The summed E-state index contributed by atoms with van der Waals surface area (Å²) in [6.45, 7) is 2.01. The zero-order valence-corrected chi connectivity index (χ0v) is 16.1. The minimum absolute atomic E-state index is 0.0642. The number of anilines is 1. The Labute approximate surface area is 167 Å². The molecule has 0 amide bonds. The molecule has 0 unspecified atom stereocenters. The van der Waals surface area contributed by atoms with Crippen molar-refractivity contribution in [2.75, 3.05) is 5.43 Å². The average Bonchev–Trinajstić information content (AvgIpc) is 2.65. The molecule has 0 saturated heterocycles. The van der Waals surface area contributed by atoms with Gasteiger partial charge in [-0.3, -0.25) is 5.43 Å². The fraction of sp³-hybridized carbons (Fsp3) is 0.0952. The Morgan fingerprint density at radius 2 is 1.81 bits per heavy atom. The molecule has 3 aromatic rings. The van der Waals surface area contributed by atoms with E-state index >= 15 is 0 Å². The number of hydrazone groups is 1. The van der Waals surface area contributed by atoms with Crippen LogP contribution in [0.25, 0.3) is 0 Å². The van der Waals surface area contributed by atoms with E-state index in [9.17, 15) is 4.39 Å². The summed E-state index contributed by atoms with van der Waals surface area (Å²) in [4.78, 5) is 0. The van der Waals surface area contributed by atoms with Crippen LogP contribution >= 0.6 is 23.2 Å². The normalized spacial score (nSPS) is 11.0. The summed E-state index contributed by atoms with van der Waals surface area (Å²) >= 11 is 12.1. The van der Waals surface area contributed by atoms with E-state index in [1.54, 1.807) is 30.5 Å². The molecule has 138 valence electrons. The van der Waals surface area contributed by atoms with Crippen LogP contribution in [0.1, 0.15) is 16.7 Å². The van der Waals surface area contributed by atoms with Gasteiger partial charge in [0.1, 0.15) is 18.2 Å². The highest BCUT2D eigenvalue weighted by molar-refractivity contribution is 6.31. The predicted molar refractivity (Wildman–Crippen MR) is 110 cm³/mol. The van der Waals surface area contributed by atoms with E-state index in [0.717, 1.165) is 16.8 Å². The zero-order valence-electron chi connectivity index (χ0n) is 14.5. The molecule has 6 heteroatoms. The largest absolute Gasteiger partial charge is 0.489 e. The van der Waals surface area contributed by atoms with Crippen LogP contribution < -0.4 is 10.2 Å². The summed E-state index contributed by atoms with van der Waals surface area (Å²) in [5.41, 5.74) is 5.98. The van der Waals surface area contributed by atoms with Crippen molar-refractivity contribution in [2.45, 2.75) is 13.5 Å². The molecular weight excluding hydrogens is 386 g/mol. The van der Waals surface area contributed by atoms with Gasteiger partial charge in [0.25, 0.3) is 0 Å². The molecule has 0 bridgehead atoms. The Bertz CT molecular complexity index is 939. The van der Waals surface area contributed by atoms with Crippen molar-refractivity contribution in [3.05, 3.63) is 93.2 Å². The van der Waals surface area contributed by atoms with Gasteiger partial charge in [-0.15, -0.1) is 0 Å². The number of nitrogens with zero attached hydrogens (tertiary/aromatic N) is 1. The van der Waals surface area contributed by atoms with Crippen molar-refractivity contribution in [1.29, 1.82) is 0 Å². The van der Waals surface area contributed by atoms with Crippen molar-refractivity contribution in [1.82, 2.24) is 0 Å². The van der Waals surface area contributed by atoms with Gasteiger partial charge in [0.05, 0.1) is 16.9 Å². The molecule has 3 nitrogen and oxygen atoms in total. The fourth-order valence-corrected chi connectivity index (χ4v) is 2.72. The number of nitrogens with one attached hydrogen (secondary N) is 1. The van der Waals surface area contributed by atoms with Gasteiger partial charge in [-0.05, 0) is 66.6 Å². The molecule has 0 aliphatic heterocycles. The van der Waals surface area contributed by atoms with Crippen molar-refractivity contribution < 1.29 is 9.13 Å². The number of rotatable bonds is 6. The van der Waals surface area contributed by atoms with Crippen molar-refractivity contribution >= 4 is 35.1 Å². The van der Waals surface area contributed by atoms with Gasteiger partial charge in [-0.25, -0.2) is 4.39 Å². The molecule has 0 spiro atoms. The Balaban J connectivity index is 1.57. The number of ether oxygens (including phenoxy) is 1. The van der Waals surface area contributed by atoms with E-state index in [2.05, 4.69) is 10.5 Å². The number of aryl methyl sites for hydroxylation is 1. The summed E-state index contributed by atoms with van der Waals surface area (Å²) in [5, 5.41) is 5.22. The lowest BCUT2D eigenvalue weighted by atomic mass is 10.2. The first-order valence-corrected chi connectivity index (χ1v) is 8.99. The second kappa shape index (κ2) is 8.89. The van der Waals surface area contributed by atoms with E-state index in [4.69, 9.17) is 27.9 Å². The molecule has 3 aromatic carbocycles. The highest BCUT2D eigenvalue weighted by Gasteiger charge is 2.07. The van der Waals surface area contributed by atoms with Crippen LogP contribution in [0, 0.1) is 12.7 Å². The minimum Gasteiger partial charge on any atom is -0.489 e. The zero-order chi connectivity index (χ0) is 19.2. The van der Waals surface area contributed by atoms with E-state index in [0.29, 0.717) is 21.4 Å². The van der Waals surface area contributed by atoms with Gasteiger partial charge < -0.3 is 4.74 Å². The molecule has 1 N–H and O–H groups in total. The number of halogens is 3. The molecule has 0 atom stereocenters. The van der Waals surface area contributed by atoms with Gasteiger partial charge in [0.15, 0.2) is 0 Å². The molecule has 0 aliphatic rings. The number of hydrogen-bond donors (Lipinski definition) is 1. The first kappa shape index (κ1) is 19.2. The van der Waals surface area contributed by atoms with Gasteiger partial charge >= 0.3 is 0 Å². The maximum Gasteiger partial charge on any atom is 0.131 e. The Hall–Kier alpha value is -2.56. The van der Waals surface area contributed by atoms with Gasteiger partial charge in [0.2, 0.25) is 0 Å². The second-order valence-electron chi connectivity index (χ2n) is 5.89.